The Morgan fingerprint density at radius 2 is 1.86 bits per heavy atom. The summed E-state index contributed by atoms with van der Waals surface area (Å²) in [5, 5.41) is 0. The number of rotatable bonds is 8. The van der Waals surface area contributed by atoms with Gasteiger partial charge in [0, 0.05) is 13.0 Å². The quantitative estimate of drug-likeness (QED) is 0.684. The molecule has 6 nitrogen and oxygen atoms in total. The number of nitrogens with zero attached hydrogens (tertiary/aromatic N) is 1. The lowest BCUT2D eigenvalue weighted by Crippen LogP contribution is -2.31. The molecule has 0 fully saturated rings. The van der Waals surface area contributed by atoms with Crippen molar-refractivity contribution in [3.05, 3.63) is 24.3 Å². The van der Waals surface area contributed by atoms with E-state index in [9.17, 15) is 13.2 Å². The molecule has 1 aromatic carbocycles. The van der Waals surface area contributed by atoms with E-state index in [0.717, 1.165) is 6.26 Å². The molecule has 7 heteroatoms. The van der Waals surface area contributed by atoms with E-state index < -0.39 is 10.0 Å². The van der Waals surface area contributed by atoms with Gasteiger partial charge in [0.1, 0.15) is 5.75 Å². The van der Waals surface area contributed by atoms with Crippen LogP contribution in [0, 0.1) is 0 Å². The number of ether oxygens (including phenoxy) is 2. The van der Waals surface area contributed by atoms with Crippen LogP contribution in [0.1, 0.15) is 19.8 Å². The van der Waals surface area contributed by atoms with Gasteiger partial charge in [-0.2, -0.15) is 0 Å². The second-order valence-electron chi connectivity index (χ2n) is 4.44. The first-order chi connectivity index (χ1) is 9.88. The van der Waals surface area contributed by atoms with Crippen molar-refractivity contribution in [2.45, 2.75) is 19.8 Å². The normalized spacial score (nSPS) is 11.0. The lowest BCUT2D eigenvalue weighted by Gasteiger charge is -2.22. The molecular weight excluding hydrogens is 294 g/mol. The van der Waals surface area contributed by atoms with Gasteiger partial charge in [-0.25, -0.2) is 8.42 Å². The van der Waals surface area contributed by atoms with Crippen LogP contribution in [0.4, 0.5) is 5.69 Å². The maximum Gasteiger partial charge on any atom is 0.305 e. The molecular formula is C14H21NO5S. The molecule has 21 heavy (non-hydrogen) atoms. The molecule has 0 aliphatic carbocycles. The Bertz CT molecular complexity index is 553. The summed E-state index contributed by atoms with van der Waals surface area (Å²) in [6.45, 7) is 2.65. The van der Waals surface area contributed by atoms with Gasteiger partial charge >= 0.3 is 5.97 Å². The highest BCUT2D eigenvalue weighted by atomic mass is 32.2. The number of anilines is 1. The highest BCUT2D eigenvalue weighted by molar-refractivity contribution is 7.92. The molecule has 0 heterocycles. The van der Waals surface area contributed by atoms with Gasteiger partial charge in [-0.1, -0.05) is 0 Å². The summed E-state index contributed by atoms with van der Waals surface area (Å²) in [7, 11) is -2.10. The van der Waals surface area contributed by atoms with E-state index in [2.05, 4.69) is 4.74 Å². The monoisotopic (exact) mass is 315 g/mol. The number of esters is 1. The van der Waals surface area contributed by atoms with E-state index in [4.69, 9.17) is 4.74 Å². The Labute approximate surface area is 125 Å². The minimum Gasteiger partial charge on any atom is -0.494 e. The second-order valence-corrected chi connectivity index (χ2v) is 6.35. The molecule has 1 aromatic rings. The highest BCUT2D eigenvalue weighted by Crippen LogP contribution is 2.22. The first kappa shape index (κ1) is 17.3. The third kappa shape index (κ3) is 5.63. The van der Waals surface area contributed by atoms with Crippen LogP contribution in [0.3, 0.4) is 0 Å². The van der Waals surface area contributed by atoms with Crippen LogP contribution in [-0.4, -0.2) is 40.9 Å². The van der Waals surface area contributed by atoms with Crippen molar-refractivity contribution in [3.63, 3.8) is 0 Å². The first-order valence-electron chi connectivity index (χ1n) is 6.66. The SMILES string of the molecule is CCOc1ccc(N(CCCC(=O)OC)S(C)(=O)=O)cc1. The number of hydrogen-bond acceptors (Lipinski definition) is 5. The minimum atomic E-state index is -3.41. The molecule has 0 unspecified atom stereocenters. The van der Waals surface area contributed by atoms with Gasteiger partial charge in [0.15, 0.2) is 0 Å². The minimum absolute atomic E-state index is 0.180. The predicted molar refractivity (Wildman–Crippen MR) is 81.1 cm³/mol. The lowest BCUT2D eigenvalue weighted by molar-refractivity contribution is -0.140. The highest BCUT2D eigenvalue weighted by Gasteiger charge is 2.17. The zero-order chi connectivity index (χ0) is 15.9. The van der Waals surface area contributed by atoms with Gasteiger partial charge in [0.2, 0.25) is 10.0 Å². The molecule has 0 aromatic heterocycles. The van der Waals surface area contributed by atoms with Crippen LogP contribution in [-0.2, 0) is 19.6 Å². The summed E-state index contributed by atoms with van der Waals surface area (Å²) in [5.41, 5.74) is 0.547. The maximum atomic E-state index is 11.9. The summed E-state index contributed by atoms with van der Waals surface area (Å²) < 4.78 is 34.9. The number of hydrogen-bond donors (Lipinski definition) is 0. The maximum absolute atomic E-state index is 11.9. The first-order valence-corrected chi connectivity index (χ1v) is 8.50. The van der Waals surface area contributed by atoms with Crippen molar-refractivity contribution in [1.29, 1.82) is 0 Å². The fourth-order valence-electron chi connectivity index (χ4n) is 1.83. The van der Waals surface area contributed by atoms with Gasteiger partial charge in [-0.15, -0.1) is 0 Å². The third-order valence-electron chi connectivity index (χ3n) is 2.81. The Balaban J connectivity index is 2.80. The topological polar surface area (TPSA) is 72.9 Å². The van der Waals surface area contributed by atoms with E-state index >= 15 is 0 Å². The van der Waals surface area contributed by atoms with Crippen molar-refractivity contribution in [1.82, 2.24) is 0 Å². The number of benzene rings is 1. The standard InChI is InChI=1S/C14H21NO5S/c1-4-20-13-9-7-12(8-10-13)15(21(3,17)18)11-5-6-14(16)19-2/h7-10H,4-6,11H2,1-3H3. The van der Waals surface area contributed by atoms with Gasteiger partial charge in [-0.05, 0) is 37.6 Å². The van der Waals surface area contributed by atoms with Crippen molar-refractivity contribution >= 4 is 21.7 Å². The third-order valence-corrected chi connectivity index (χ3v) is 4.00. The van der Waals surface area contributed by atoms with Crippen LogP contribution in [0.15, 0.2) is 24.3 Å². The molecule has 0 saturated carbocycles. The van der Waals surface area contributed by atoms with Crippen LogP contribution >= 0.6 is 0 Å². The van der Waals surface area contributed by atoms with Crippen molar-refractivity contribution in [3.8, 4) is 5.75 Å². The zero-order valence-corrected chi connectivity index (χ0v) is 13.4. The Hall–Kier alpha value is -1.76. The van der Waals surface area contributed by atoms with E-state index in [-0.39, 0.29) is 18.9 Å². The summed E-state index contributed by atoms with van der Waals surface area (Å²) in [6, 6.07) is 6.81. The van der Waals surface area contributed by atoms with Crippen LogP contribution in [0.2, 0.25) is 0 Å². The molecule has 0 bridgehead atoms. The summed E-state index contributed by atoms with van der Waals surface area (Å²) >= 11 is 0. The fourth-order valence-corrected chi connectivity index (χ4v) is 2.80. The largest absolute Gasteiger partial charge is 0.494 e. The number of sulfonamides is 1. The molecule has 0 aliphatic heterocycles. The van der Waals surface area contributed by atoms with Gasteiger partial charge in [0.05, 0.1) is 25.7 Å². The van der Waals surface area contributed by atoms with E-state index in [0.29, 0.717) is 24.5 Å². The van der Waals surface area contributed by atoms with Crippen molar-refractivity contribution in [2.24, 2.45) is 0 Å². The molecule has 0 spiro atoms. The Kier molecular flexibility index (Phi) is 6.48. The smallest absolute Gasteiger partial charge is 0.305 e. The summed E-state index contributed by atoms with van der Waals surface area (Å²) in [4.78, 5) is 11.1. The lowest BCUT2D eigenvalue weighted by atomic mass is 10.2. The molecule has 0 N–H and O–H groups in total. The molecule has 0 radical (unpaired) electrons. The predicted octanol–water partition coefficient (Wildman–Crippen LogP) is 1.80. The summed E-state index contributed by atoms with van der Waals surface area (Å²) in [5.74, 6) is 0.333. The number of carbonyl (C=O) groups is 1. The molecule has 0 atom stereocenters. The molecule has 1 rings (SSSR count). The molecule has 0 saturated heterocycles. The molecule has 0 amide bonds. The summed E-state index contributed by atoms with van der Waals surface area (Å²) in [6.07, 6.45) is 1.72. The van der Waals surface area contributed by atoms with Gasteiger partial charge < -0.3 is 9.47 Å². The molecule has 118 valence electrons. The zero-order valence-electron chi connectivity index (χ0n) is 12.5. The Morgan fingerprint density at radius 3 is 2.33 bits per heavy atom. The Morgan fingerprint density at radius 1 is 1.24 bits per heavy atom. The van der Waals surface area contributed by atoms with Crippen LogP contribution < -0.4 is 9.04 Å². The van der Waals surface area contributed by atoms with Crippen molar-refractivity contribution in [2.75, 3.05) is 30.8 Å². The second kappa shape index (κ2) is 7.87. The van der Waals surface area contributed by atoms with Crippen LogP contribution in [0.5, 0.6) is 5.75 Å². The number of methoxy groups -OCH3 is 1. The van der Waals surface area contributed by atoms with E-state index in [1.807, 2.05) is 6.92 Å². The van der Waals surface area contributed by atoms with Gasteiger partial charge in [0.25, 0.3) is 0 Å². The number of carbonyl (C=O) groups excluding carboxylic acids is 1. The van der Waals surface area contributed by atoms with Crippen molar-refractivity contribution < 1.29 is 22.7 Å². The average molecular weight is 315 g/mol. The van der Waals surface area contributed by atoms with E-state index in [1.54, 1.807) is 24.3 Å². The van der Waals surface area contributed by atoms with Crippen LogP contribution in [0.25, 0.3) is 0 Å². The average Bonchev–Trinajstić information content (AvgIpc) is 2.43. The van der Waals surface area contributed by atoms with E-state index in [1.165, 1.54) is 11.4 Å². The molecule has 0 aliphatic rings. The fraction of sp³-hybridized carbons (Fsp3) is 0.500. The van der Waals surface area contributed by atoms with Gasteiger partial charge in [-0.3, -0.25) is 9.10 Å².